The molecule has 1 aromatic heterocycles. The van der Waals surface area contributed by atoms with Crippen molar-refractivity contribution in [1.82, 2.24) is 9.88 Å². The van der Waals surface area contributed by atoms with Crippen LogP contribution in [-0.4, -0.2) is 21.7 Å². The Morgan fingerprint density at radius 1 is 1.19 bits per heavy atom. The fourth-order valence-electron chi connectivity index (χ4n) is 3.60. The summed E-state index contributed by atoms with van der Waals surface area (Å²) in [7, 11) is 0. The van der Waals surface area contributed by atoms with Gasteiger partial charge in [0.1, 0.15) is 0 Å². The predicted molar refractivity (Wildman–Crippen MR) is 120 cm³/mol. The molecule has 0 aliphatic carbocycles. The van der Waals surface area contributed by atoms with Crippen LogP contribution in [0.4, 0.5) is 5.13 Å². The minimum Gasteiger partial charge on any atom is -0.311 e. The zero-order valence-electron chi connectivity index (χ0n) is 16.9. The van der Waals surface area contributed by atoms with Crippen LogP contribution in [0.3, 0.4) is 0 Å². The lowest BCUT2D eigenvalue weighted by atomic mass is 9.93. The quantitative estimate of drug-likeness (QED) is 0.648. The molecule has 1 aliphatic rings. The van der Waals surface area contributed by atoms with E-state index in [-0.39, 0.29) is 24.3 Å². The molecule has 0 bridgehead atoms. The topological polar surface area (TPSA) is 86.1 Å². The molecule has 1 atom stereocenters. The van der Waals surface area contributed by atoms with Crippen LogP contribution in [0.1, 0.15) is 46.5 Å². The number of rotatable bonds is 5. The SMILES string of the molecule is CC(=O)N1C=Cc2ccccc2[C@H]1CC(=O)Nc1ncc(Cc2ccc(C#N)cc2)s1. The van der Waals surface area contributed by atoms with Gasteiger partial charge < -0.3 is 10.2 Å². The first-order valence-corrected chi connectivity index (χ1v) is 10.6. The van der Waals surface area contributed by atoms with Crippen LogP contribution in [0.2, 0.25) is 0 Å². The number of amides is 2. The molecule has 2 amide bonds. The first-order chi connectivity index (χ1) is 15.0. The van der Waals surface area contributed by atoms with E-state index in [4.69, 9.17) is 5.26 Å². The van der Waals surface area contributed by atoms with Crippen LogP contribution in [0.15, 0.2) is 60.9 Å². The maximum absolute atomic E-state index is 12.8. The summed E-state index contributed by atoms with van der Waals surface area (Å²) in [5.41, 5.74) is 3.66. The summed E-state index contributed by atoms with van der Waals surface area (Å²) in [6.07, 6.45) is 6.20. The molecule has 2 heterocycles. The van der Waals surface area contributed by atoms with Gasteiger partial charge in [0.25, 0.3) is 0 Å². The lowest BCUT2D eigenvalue weighted by Gasteiger charge is -2.32. The second-order valence-electron chi connectivity index (χ2n) is 7.26. The third-order valence-electron chi connectivity index (χ3n) is 5.11. The van der Waals surface area contributed by atoms with Crippen LogP contribution in [0.25, 0.3) is 6.08 Å². The van der Waals surface area contributed by atoms with Gasteiger partial charge in [0, 0.05) is 30.6 Å². The summed E-state index contributed by atoms with van der Waals surface area (Å²) in [5, 5.41) is 12.3. The van der Waals surface area contributed by atoms with Crippen LogP contribution in [0.5, 0.6) is 0 Å². The molecule has 1 aliphatic heterocycles. The van der Waals surface area contributed by atoms with Gasteiger partial charge in [-0.3, -0.25) is 9.59 Å². The molecular formula is C24H20N4O2S. The maximum Gasteiger partial charge on any atom is 0.228 e. The van der Waals surface area contributed by atoms with Gasteiger partial charge >= 0.3 is 0 Å². The van der Waals surface area contributed by atoms with Gasteiger partial charge in [0.15, 0.2) is 5.13 Å². The van der Waals surface area contributed by atoms with Crippen molar-refractivity contribution >= 4 is 34.4 Å². The molecule has 154 valence electrons. The Bertz CT molecular complexity index is 1190. The number of anilines is 1. The minimum atomic E-state index is -0.350. The number of carbonyl (C=O) groups excluding carboxylic acids is 2. The summed E-state index contributed by atoms with van der Waals surface area (Å²) >= 11 is 1.42. The van der Waals surface area contributed by atoms with Crippen molar-refractivity contribution in [3.8, 4) is 6.07 Å². The zero-order valence-corrected chi connectivity index (χ0v) is 17.7. The van der Waals surface area contributed by atoms with Gasteiger partial charge in [-0.25, -0.2) is 4.98 Å². The number of nitrogens with one attached hydrogen (secondary N) is 1. The third kappa shape index (κ3) is 4.71. The van der Waals surface area contributed by atoms with Crippen LogP contribution < -0.4 is 5.32 Å². The number of nitriles is 1. The molecule has 0 saturated heterocycles. The highest BCUT2D eigenvalue weighted by molar-refractivity contribution is 7.15. The van der Waals surface area contributed by atoms with Crippen LogP contribution in [0, 0.1) is 11.3 Å². The lowest BCUT2D eigenvalue weighted by molar-refractivity contribution is -0.129. The van der Waals surface area contributed by atoms with E-state index in [9.17, 15) is 9.59 Å². The molecule has 2 aromatic carbocycles. The molecular weight excluding hydrogens is 408 g/mol. The predicted octanol–water partition coefficient (Wildman–Crippen LogP) is 4.51. The van der Waals surface area contributed by atoms with E-state index >= 15 is 0 Å². The van der Waals surface area contributed by atoms with Crippen LogP contribution >= 0.6 is 11.3 Å². The summed E-state index contributed by atoms with van der Waals surface area (Å²) in [6.45, 7) is 1.50. The van der Waals surface area contributed by atoms with Gasteiger partial charge in [-0.05, 0) is 34.9 Å². The maximum atomic E-state index is 12.8. The Labute approximate surface area is 184 Å². The molecule has 6 nitrogen and oxygen atoms in total. The number of hydrogen-bond donors (Lipinski definition) is 1. The summed E-state index contributed by atoms with van der Waals surface area (Å²) in [4.78, 5) is 31.8. The van der Waals surface area contributed by atoms with Crippen LogP contribution in [-0.2, 0) is 16.0 Å². The largest absolute Gasteiger partial charge is 0.311 e. The summed E-state index contributed by atoms with van der Waals surface area (Å²) < 4.78 is 0. The Morgan fingerprint density at radius 2 is 1.97 bits per heavy atom. The monoisotopic (exact) mass is 428 g/mol. The first-order valence-electron chi connectivity index (χ1n) is 9.83. The normalized spacial score (nSPS) is 14.6. The Hall–Kier alpha value is -3.76. The van der Waals surface area contributed by atoms with Gasteiger partial charge in [0.05, 0.1) is 24.1 Å². The van der Waals surface area contributed by atoms with Crippen molar-refractivity contribution in [1.29, 1.82) is 5.26 Å². The number of thiazole rings is 1. The number of fused-ring (bicyclic) bond motifs is 1. The van der Waals surface area contributed by atoms with Gasteiger partial charge in [-0.1, -0.05) is 36.4 Å². The van der Waals surface area contributed by atoms with Crippen molar-refractivity contribution < 1.29 is 9.59 Å². The zero-order chi connectivity index (χ0) is 21.8. The number of hydrogen-bond acceptors (Lipinski definition) is 5. The Kier molecular flexibility index (Phi) is 5.92. The van der Waals surface area contributed by atoms with E-state index < -0.39 is 0 Å². The summed E-state index contributed by atoms with van der Waals surface area (Å²) in [6, 6.07) is 16.9. The summed E-state index contributed by atoms with van der Waals surface area (Å²) in [5.74, 6) is -0.303. The first kappa shape index (κ1) is 20.5. The number of benzene rings is 2. The van der Waals surface area contributed by atoms with E-state index in [0.29, 0.717) is 17.1 Å². The number of aromatic nitrogens is 1. The fraction of sp³-hybridized carbons (Fsp3) is 0.167. The molecule has 7 heteroatoms. The molecule has 31 heavy (non-hydrogen) atoms. The molecule has 4 rings (SSSR count). The van der Waals surface area contributed by atoms with E-state index in [0.717, 1.165) is 21.6 Å². The van der Waals surface area contributed by atoms with E-state index in [1.807, 2.05) is 42.5 Å². The lowest BCUT2D eigenvalue weighted by Crippen LogP contribution is -2.33. The van der Waals surface area contributed by atoms with E-state index in [1.54, 1.807) is 29.4 Å². The Balaban J connectivity index is 1.43. The van der Waals surface area contributed by atoms with Crippen molar-refractivity contribution in [3.05, 3.63) is 88.1 Å². The highest BCUT2D eigenvalue weighted by Crippen LogP contribution is 2.33. The molecule has 0 radical (unpaired) electrons. The standard InChI is InChI=1S/C24H20N4O2S/c1-16(29)28-11-10-19-4-2-3-5-21(19)22(28)13-23(30)27-24-26-15-20(31-24)12-17-6-8-18(14-25)9-7-17/h2-11,15,22H,12-13H2,1H3,(H,26,27,30)/t22-/m1/s1. The second kappa shape index (κ2) is 8.94. The van der Waals surface area contributed by atoms with Gasteiger partial charge in [-0.15, -0.1) is 11.3 Å². The fourth-order valence-corrected chi connectivity index (χ4v) is 4.47. The molecule has 1 N–H and O–H groups in total. The number of carbonyl (C=O) groups is 2. The second-order valence-corrected chi connectivity index (χ2v) is 8.37. The molecule has 0 unspecified atom stereocenters. The average molecular weight is 429 g/mol. The van der Waals surface area contributed by atoms with Crippen molar-refractivity contribution in [3.63, 3.8) is 0 Å². The van der Waals surface area contributed by atoms with Crippen molar-refractivity contribution in [2.24, 2.45) is 0 Å². The average Bonchev–Trinajstić information content (AvgIpc) is 3.20. The third-order valence-corrected chi connectivity index (χ3v) is 6.02. The van der Waals surface area contributed by atoms with E-state index in [2.05, 4.69) is 16.4 Å². The van der Waals surface area contributed by atoms with E-state index in [1.165, 1.54) is 18.3 Å². The minimum absolute atomic E-state index is 0.109. The highest BCUT2D eigenvalue weighted by atomic mass is 32.1. The Morgan fingerprint density at radius 3 is 2.71 bits per heavy atom. The molecule has 0 fully saturated rings. The molecule has 0 saturated carbocycles. The smallest absolute Gasteiger partial charge is 0.228 e. The molecule has 0 spiro atoms. The van der Waals surface area contributed by atoms with Crippen molar-refractivity contribution in [2.75, 3.05) is 5.32 Å². The van der Waals surface area contributed by atoms with Gasteiger partial charge in [-0.2, -0.15) is 5.26 Å². The molecule has 3 aromatic rings. The van der Waals surface area contributed by atoms with Gasteiger partial charge in [0.2, 0.25) is 11.8 Å². The van der Waals surface area contributed by atoms with Crippen molar-refractivity contribution in [2.45, 2.75) is 25.8 Å². The number of nitrogens with zero attached hydrogens (tertiary/aromatic N) is 3. The highest BCUT2D eigenvalue weighted by Gasteiger charge is 2.28.